The number of aliphatic hydroxyl groups excluding tert-OH is 1. The van der Waals surface area contributed by atoms with Crippen LogP contribution >= 0.6 is 0 Å². The van der Waals surface area contributed by atoms with Crippen LogP contribution in [0.5, 0.6) is 0 Å². The number of benzene rings is 1. The van der Waals surface area contributed by atoms with E-state index in [0.29, 0.717) is 5.56 Å². The third-order valence-electron chi connectivity index (χ3n) is 3.92. The van der Waals surface area contributed by atoms with E-state index in [1.54, 1.807) is 0 Å². The summed E-state index contributed by atoms with van der Waals surface area (Å²) >= 11 is 0. The molecule has 3 atom stereocenters. The Morgan fingerprint density at radius 1 is 1.15 bits per heavy atom. The van der Waals surface area contributed by atoms with Crippen molar-refractivity contribution in [2.75, 3.05) is 7.11 Å². The Morgan fingerprint density at radius 2 is 1.77 bits per heavy atom. The minimum Gasteiger partial charge on any atom is -0.466 e. The summed E-state index contributed by atoms with van der Waals surface area (Å²) in [6.45, 7) is 2.26. The topological polar surface area (TPSA) is 99.1 Å². The van der Waals surface area contributed by atoms with Crippen LogP contribution in [0.2, 0.25) is 0 Å². The van der Waals surface area contributed by atoms with E-state index in [0.717, 1.165) is 21.0 Å². The molecule has 0 heterocycles. The highest BCUT2D eigenvalue weighted by Crippen LogP contribution is 2.38. The molecule has 1 aliphatic rings. The lowest BCUT2D eigenvalue weighted by Gasteiger charge is -2.38. The molecule has 8 heteroatoms. The molecule has 0 bridgehead atoms. The third kappa shape index (κ3) is 4.08. The fraction of sp³-hybridized carbons (Fsp3) is 0.389. The molecule has 26 heavy (non-hydrogen) atoms. The molecule has 2 rings (SSSR count). The van der Waals surface area contributed by atoms with Crippen LogP contribution in [0, 0.1) is 5.82 Å². The number of halogens is 1. The summed E-state index contributed by atoms with van der Waals surface area (Å²) in [7, 11) is 1.12. The van der Waals surface area contributed by atoms with Gasteiger partial charge in [-0.1, -0.05) is 12.1 Å². The highest BCUT2D eigenvalue weighted by atomic mass is 19.1. The molecule has 0 saturated heterocycles. The highest BCUT2D eigenvalue weighted by Gasteiger charge is 2.50. The maximum atomic E-state index is 13.2. The molecular formula is C18H19FO7. The maximum Gasteiger partial charge on any atom is 0.354 e. The van der Waals surface area contributed by atoms with Gasteiger partial charge in [-0.25, -0.2) is 9.18 Å². The van der Waals surface area contributed by atoms with E-state index < -0.39 is 41.5 Å². The van der Waals surface area contributed by atoms with Crippen LogP contribution in [-0.2, 0) is 28.6 Å². The van der Waals surface area contributed by atoms with Crippen LogP contribution in [0.4, 0.5) is 4.39 Å². The first-order valence-electron chi connectivity index (χ1n) is 7.80. The number of rotatable bonds is 4. The zero-order valence-electron chi connectivity index (χ0n) is 14.5. The van der Waals surface area contributed by atoms with Crippen LogP contribution in [0.25, 0.3) is 5.57 Å². The fourth-order valence-electron chi connectivity index (χ4n) is 2.91. The van der Waals surface area contributed by atoms with E-state index in [-0.39, 0.29) is 12.0 Å². The van der Waals surface area contributed by atoms with Crippen molar-refractivity contribution in [1.82, 2.24) is 0 Å². The Hall–Kier alpha value is -2.74. The molecule has 1 aromatic rings. The van der Waals surface area contributed by atoms with Crippen LogP contribution in [-0.4, -0.2) is 47.9 Å². The molecule has 0 aromatic heterocycles. The Balaban J connectivity index is 2.60. The minimum absolute atomic E-state index is 0.147. The van der Waals surface area contributed by atoms with Gasteiger partial charge in [0.1, 0.15) is 18.0 Å². The largest absolute Gasteiger partial charge is 0.466 e. The number of hydrogen-bond acceptors (Lipinski definition) is 7. The zero-order chi connectivity index (χ0) is 19.5. The lowest BCUT2D eigenvalue weighted by Crippen LogP contribution is -2.52. The third-order valence-corrected chi connectivity index (χ3v) is 3.92. The molecule has 1 aliphatic carbocycles. The van der Waals surface area contributed by atoms with Crippen molar-refractivity contribution in [2.24, 2.45) is 0 Å². The smallest absolute Gasteiger partial charge is 0.354 e. The van der Waals surface area contributed by atoms with E-state index in [2.05, 4.69) is 0 Å². The summed E-state index contributed by atoms with van der Waals surface area (Å²) in [5, 5.41) is 10.6. The monoisotopic (exact) mass is 366 g/mol. The summed E-state index contributed by atoms with van der Waals surface area (Å²) in [6, 6.07) is 5.11. The van der Waals surface area contributed by atoms with Gasteiger partial charge in [-0.2, -0.15) is 0 Å². The molecule has 7 nitrogen and oxygen atoms in total. The van der Waals surface area contributed by atoms with Gasteiger partial charge in [0.2, 0.25) is 5.60 Å². The number of carbonyl (C=O) groups is 3. The van der Waals surface area contributed by atoms with E-state index in [1.165, 1.54) is 30.3 Å². The second-order valence-electron chi connectivity index (χ2n) is 5.88. The highest BCUT2D eigenvalue weighted by molar-refractivity contribution is 5.89. The Bertz CT molecular complexity index is 740. The van der Waals surface area contributed by atoms with E-state index >= 15 is 0 Å². The molecule has 0 radical (unpaired) electrons. The van der Waals surface area contributed by atoms with Crippen LogP contribution in [0.15, 0.2) is 30.3 Å². The predicted octanol–water partition coefficient (Wildman–Crippen LogP) is 1.38. The first-order chi connectivity index (χ1) is 12.2. The van der Waals surface area contributed by atoms with Crippen molar-refractivity contribution >= 4 is 23.5 Å². The molecule has 0 spiro atoms. The number of methoxy groups -OCH3 is 1. The quantitative estimate of drug-likeness (QED) is 0.635. The van der Waals surface area contributed by atoms with E-state index in [9.17, 15) is 23.9 Å². The minimum atomic E-state index is -1.89. The molecule has 0 saturated carbocycles. The van der Waals surface area contributed by atoms with Gasteiger partial charge in [0.25, 0.3) is 0 Å². The van der Waals surface area contributed by atoms with Crippen molar-refractivity contribution < 1.29 is 38.1 Å². The van der Waals surface area contributed by atoms with Crippen molar-refractivity contribution in [2.45, 2.75) is 38.1 Å². The summed E-state index contributed by atoms with van der Waals surface area (Å²) in [5.74, 6) is -2.83. The maximum absolute atomic E-state index is 13.2. The molecule has 140 valence electrons. The van der Waals surface area contributed by atoms with Gasteiger partial charge in [0, 0.05) is 20.3 Å². The predicted molar refractivity (Wildman–Crippen MR) is 87.1 cm³/mol. The van der Waals surface area contributed by atoms with Gasteiger partial charge >= 0.3 is 17.9 Å². The Kier molecular flexibility index (Phi) is 5.76. The summed E-state index contributed by atoms with van der Waals surface area (Å²) in [6.07, 6.45) is -1.54. The number of aliphatic hydroxyl groups is 1. The first-order valence-corrected chi connectivity index (χ1v) is 7.80. The van der Waals surface area contributed by atoms with Gasteiger partial charge < -0.3 is 19.3 Å². The molecule has 1 aromatic carbocycles. The average Bonchev–Trinajstić information content (AvgIpc) is 2.56. The number of carbonyl (C=O) groups excluding carboxylic acids is 3. The SMILES string of the molecule is COC(=O)C1(OC(C)=O)C=C(c2ccc(F)cc2)C(O)C(OC(C)=O)C1. The molecule has 0 aliphatic heterocycles. The molecule has 3 unspecified atom stereocenters. The zero-order valence-corrected chi connectivity index (χ0v) is 14.5. The number of hydrogen-bond donors (Lipinski definition) is 1. The van der Waals surface area contributed by atoms with Crippen molar-refractivity contribution in [1.29, 1.82) is 0 Å². The van der Waals surface area contributed by atoms with Gasteiger partial charge in [0.05, 0.1) is 7.11 Å². The van der Waals surface area contributed by atoms with Gasteiger partial charge in [-0.05, 0) is 29.3 Å². The van der Waals surface area contributed by atoms with Crippen molar-refractivity contribution in [3.8, 4) is 0 Å². The molecule has 1 N–H and O–H groups in total. The first kappa shape index (κ1) is 19.6. The van der Waals surface area contributed by atoms with E-state index in [1.807, 2.05) is 0 Å². The lowest BCUT2D eigenvalue weighted by molar-refractivity contribution is -0.182. The number of ether oxygens (including phenoxy) is 3. The average molecular weight is 366 g/mol. The van der Waals surface area contributed by atoms with Crippen molar-refractivity contribution in [3.63, 3.8) is 0 Å². The van der Waals surface area contributed by atoms with Crippen LogP contribution in [0.3, 0.4) is 0 Å². The van der Waals surface area contributed by atoms with Crippen molar-refractivity contribution in [3.05, 3.63) is 41.7 Å². The Morgan fingerprint density at radius 3 is 2.27 bits per heavy atom. The fourth-order valence-corrected chi connectivity index (χ4v) is 2.91. The lowest BCUT2D eigenvalue weighted by atomic mass is 9.80. The van der Waals surface area contributed by atoms with Crippen LogP contribution < -0.4 is 0 Å². The van der Waals surface area contributed by atoms with Crippen LogP contribution in [0.1, 0.15) is 25.8 Å². The normalized spacial score (nSPS) is 25.0. The summed E-state index contributed by atoms with van der Waals surface area (Å²) in [5.41, 5.74) is -1.37. The summed E-state index contributed by atoms with van der Waals surface area (Å²) in [4.78, 5) is 35.3. The van der Waals surface area contributed by atoms with Gasteiger partial charge in [0.15, 0.2) is 0 Å². The second kappa shape index (κ2) is 7.65. The molecule has 0 fully saturated rings. The van der Waals surface area contributed by atoms with E-state index in [4.69, 9.17) is 14.2 Å². The van der Waals surface area contributed by atoms with Gasteiger partial charge in [-0.15, -0.1) is 0 Å². The second-order valence-corrected chi connectivity index (χ2v) is 5.88. The Labute approximate surface area is 149 Å². The standard InChI is InChI=1S/C18H19FO7/c1-10(20)25-15-9-18(17(23)24-3,26-11(2)21)8-14(16(15)22)12-4-6-13(19)7-5-12/h4-8,15-16,22H,9H2,1-3H3. The molecular weight excluding hydrogens is 347 g/mol. The van der Waals surface area contributed by atoms with Gasteiger partial charge in [-0.3, -0.25) is 9.59 Å². The molecule has 0 amide bonds. The summed E-state index contributed by atoms with van der Waals surface area (Å²) < 4.78 is 28.3. The number of esters is 3.